The third-order valence-electron chi connectivity index (χ3n) is 2.73. The van der Waals surface area contributed by atoms with Crippen LogP contribution in [-0.2, 0) is 6.54 Å². The number of hydrazine groups is 1. The lowest BCUT2D eigenvalue weighted by Crippen LogP contribution is -2.27. The van der Waals surface area contributed by atoms with Gasteiger partial charge in [-0.2, -0.15) is 0 Å². The summed E-state index contributed by atoms with van der Waals surface area (Å²) < 4.78 is 0. The zero-order valence-corrected chi connectivity index (χ0v) is 11.6. The number of nitrogens with two attached hydrogens (primary N) is 1. The second-order valence-corrected chi connectivity index (χ2v) is 4.59. The molecule has 0 saturated heterocycles. The van der Waals surface area contributed by atoms with Crippen molar-refractivity contribution in [3.05, 3.63) is 52.9 Å². The van der Waals surface area contributed by atoms with Gasteiger partial charge in [0.2, 0.25) is 0 Å². The van der Waals surface area contributed by atoms with Crippen LogP contribution in [-0.4, -0.2) is 27.8 Å². The van der Waals surface area contributed by atoms with Crippen LogP contribution >= 0.6 is 11.6 Å². The molecule has 0 atom stereocenters. The highest BCUT2D eigenvalue weighted by Gasteiger charge is 2.14. The molecule has 0 aliphatic carbocycles. The summed E-state index contributed by atoms with van der Waals surface area (Å²) in [5.41, 5.74) is 3.48. The van der Waals surface area contributed by atoms with Crippen molar-refractivity contribution in [2.75, 3.05) is 12.5 Å². The molecule has 1 aromatic heterocycles. The number of benzene rings is 1. The summed E-state index contributed by atoms with van der Waals surface area (Å²) in [5.74, 6) is 5.36. The Hall–Kier alpha value is -2.18. The number of aromatic nitrogens is 2. The number of nitrogen functional groups attached to an aromatic ring is 1. The van der Waals surface area contributed by atoms with Crippen molar-refractivity contribution in [3.8, 4) is 0 Å². The highest BCUT2D eigenvalue weighted by Crippen LogP contribution is 2.17. The number of carbonyl (C=O) groups excluding carboxylic acids is 1. The Kier molecular flexibility index (Phi) is 4.49. The quantitative estimate of drug-likeness (QED) is 0.661. The predicted molar refractivity (Wildman–Crippen MR) is 77.1 cm³/mol. The summed E-state index contributed by atoms with van der Waals surface area (Å²) in [4.78, 5) is 21.7. The molecule has 104 valence electrons. The molecule has 1 heterocycles. The average Bonchev–Trinajstić information content (AvgIpc) is 2.49. The lowest BCUT2D eigenvalue weighted by Gasteiger charge is -2.17. The molecular weight excluding hydrogens is 278 g/mol. The highest BCUT2D eigenvalue weighted by atomic mass is 35.5. The Morgan fingerprint density at radius 2 is 2.10 bits per heavy atom. The molecule has 3 N–H and O–H groups in total. The van der Waals surface area contributed by atoms with Gasteiger partial charge in [0.1, 0.15) is 5.69 Å². The van der Waals surface area contributed by atoms with E-state index >= 15 is 0 Å². The van der Waals surface area contributed by atoms with Crippen LogP contribution in [0.25, 0.3) is 0 Å². The average molecular weight is 292 g/mol. The van der Waals surface area contributed by atoms with E-state index in [2.05, 4.69) is 15.4 Å². The highest BCUT2D eigenvalue weighted by molar-refractivity contribution is 6.31. The number of hydrogen-bond acceptors (Lipinski definition) is 5. The first-order valence-corrected chi connectivity index (χ1v) is 6.27. The van der Waals surface area contributed by atoms with Gasteiger partial charge >= 0.3 is 0 Å². The maximum Gasteiger partial charge on any atom is 0.274 e. The van der Waals surface area contributed by atoms with Gasteiger partial charge in [0.05, 0.1) is 12.4 Å². The van der Waals surface area contributed by atoms with E-state index in [1.54, 1.807) is 13.1 Å². The molecule has 7 heteroatoms. The van der Waals surface area contributed by atoms with Crippen LogP contribution in [0.1, 0.15) is 16.1 Å². The van der Waals surface area contributed by atoms with Gasteiger partial charge in [-0.05, 0) is 11.6 Å². The van der Waals surface area contributed by atoms with Gasteiger partial charge in [-0.25, -0.2) is 15.8 Å². The van der Waals surface area contributed by atoms with Crippen LogP contribution in [0, 0.1) is 0 Å². The summed E-state index contributed by atoms with van der Waals surface area (Å²) in [5, 5.41) is 0.626. The maximum atomic E-state index is 12.2. The van der Waals surface area contributed by atoms with Crippen LogP contribution in [0.15, 0.2) is 36.7 Å². The minimum atomic E-state index is -0.235. The van der Waals surface area contributed by atoms with Crippen LogP contribution in [0.3, 0.4) is 0 Å². The fourth-order valence-electron chi connectivity index (χ4n) is 1.66. The van der Waals surface area contributed by atoms with Crippen LogP contribution in [0.4, 0.5) is 5.82 Å². The number of nitrogens with one attached hydrogen (secondary N) is 1. The Bertz CT molecular complexity index is 602. The third kappa shape index (κ3) is 3.23. The topological polar surface area (TPSA) is 84.1 Å². The van der Waals surface area contributed by atoms with Gasteiger partial charge in [-0.1, -0.05) is 29.8 Å². The van der Waals surface area contributed by atoms with Crippen molar-refractivity contribution in [2.24, 2.45) is 5.84 Å². The normalized spacial score (nSPS) is 10.2. The van der Waals surface area contributed by atoms with Crippen molar-refractivity contribution in [3.63, 3.8) is 0 Å². The summed E-state index contributed by atoms with van der Waals surface area (Å²) in [6.45, 7) is 0.400. The van der Waals surface area contributed by atoms with E-state index in [1.807, 2.05) is 18.2 Å². The van der Waals surface area contributed by atoms with E-state index in [1.165, 1.54) is 17.3 Å². The summed E-state index contributed by atoms with van der Waals surface area (Å²) >= 11 is 6.07. The summed E-state index contributed by atoms with van der Waals surface area (Å²) in [7, 11) is 1.68. The van der Waals surface area contributed by atoms with Crippen molar-refractivity contribution in [1.29, 1.82) is 0 Å². The molecule has 0 spiro atoms. The minimum absolute atomic E-state index is 0.235. The zero-order valence-electron chi connectivity index (χ0n) is 10.9. The van der Waals surface area contributed by atoms with Crippen LogP contribution in [0.5, 0.6) is 0 Å². The maximum absolute atomic E-state index is 12.2. The number of carbonyl (C=O) groups is 1. The Morgan fingerprint density at radius 3 is 2.70 bits per heavy atom. The SMILES string of the molecule is CN(Cc1ccccc1Cl)C(=O)c1cnc(NN)cn1. The van der Waals surface area contributed by atoms with Gasteiger partial charge in [0, 0.05) is 18.6 Å². The molecule has 0 unspecified atom stereocenters. The predicted octanol–water partition coefficient (Wildman–Crippen LogP) is 1.69. The van der Waals surface area contributed by atoms with Crippen LogP contribution in [0.2, 0.25) is 5.02 Å². The van der Waals surface area contributed by atoms with Gasteiger partial charge in [0.15, 0.2) is 5.82 Å². The second-order valence-electron chi connectivity index (χ2n) is 4.18. The molecule has 0 aliphatic rings. The molecule has 2 rings (SSSR count). The van der Waals surface area contributed by atoms with Gasteiger partial charge < -0.3 is 10.3 Å². The fourth-order valence-corrected chi connectivity index (χ4v) is 1.86. The first kappa shape index (κ1) is 14.2. The second kappa shape index (κ2) is 6.31. The molecule has 0 radical (unpaired) electrons. The first-order valence-electron chi connectivity index (χ1n) is 5.89. The first-order chi connectivity index (χ1) is 9.61. The monoisotopic (exact) mass is 291 g/mol. The smallest absolute Gasteiger partial charge is 0.274 e. The molecule has 0 aliphatic heterocycles. The molecule has 6 nitrogen and oxygen atoms in total. The minimum Gasteiger partial charge on any atom is -0.336 e. The van der Waals surface area contributed by atoms with E-state index in [4.69, 9.17) is 17.4 Å². The van der Waals surface area contributed by atoms with E-state index in [-0.39, 0.29) is 11.6 Å². The number of amides is 1. The zero-order chi connectivity index (χ0) is 14.5. The Balaban J connectivity index is 2.10. The van der Waals surface area contributed by atoms with E-state index < -0.39 is 0 Å². The molecular formula is C13H14ClN5O. The lowest BCUT2D eigenvalue weighted by molar-refractivity contribution is 0.0779. The van der Waals surface area contributed by atoms with Crippen molar-refractivity contribution in [2.45, 2.75) is 6.54 Å². The summed E-state index contributed by atoms with van der Waals surface area (Å²) in [6, 6.07) is 7.38. The van der Waals surface area contributed by atoms with Crippen molar-refractivity contribution >= 4 is 23.3 Å². The lowest BCUT2D eigenvalue weighted by atomic mass is 10.2. The van der Waals surface area contributed by atoms with E-state index in [0.717, 1.165) is 5.56 Å². The molecule has 1 amide bonds. The van der Waals surface area contributed by atoms with E-state index in [0.29, 0.717) is 17.4 Å². The van der Waals surface area contributed by atoms with Gasteiger partial charge in [-0.15, -0.1) is 0 Å². The van der Waals surface area contributed by atoms with Crippen LogP contribution < -0.4 is 11.3 Å². The Morgan fingerprint density at radius 1 is 1.35 bits per heavy atom. The van der Waals surface area contributed by atoms with Gasteiger partial charge in [0.25, 0.3) is 5.91 Å². The Labute approximate surface area is 121 Å². The third-order valence-corrected chi connectivity index (χ3v) is 3.10. The van der Waals surface area contributed by atoms with Crippen molar-refractivity contribution in [1.82, 2.24) is 14.9 Å². The molecule has 1 aromatic carbocycles. The summed E-state index contributed by atoms with van der Waals surface area (Å²) in [6.07, 6.45) is 2.77. The molecule has 0 fully saturated rings. The number of hydrogen-bond donors (Lipinski definition) is 2. The standard InChI is InChI=1S/C13H14ClN5O/c1-19(8-9-4-2-3-5-10(9)14)13(20)11-6-17-12(18-15)7-16-11/h2-7H,8,15H2,1H3,(H,17,18). The molecule has 0 saturated carbocycles. The number of rotatable bonds is 4. The molecule has 0 bridgehead atoms. The van der Waals surface area contributed by atoms with Crippen molar-refractivity contribution < 1.29 is 4.79 Å². The largest absolute Gasteiger partial charge is 0.336 e. The molecule has 20 heavy (non-hydrogen) atoms. The number of halogens is 1. The van der Waals surface area contributed by atoms with E-state index in [9.17, 15) is 4.79 Å². The van der Waals surface area contributed by atoms with Gasteiger partial charge in [-0.3, -0.25) is 4.79 Å². The molecule has 2 aromatic rings. The number of anilines is 1. The number of nitrogens with zero attached hydrogens (tertiary/aromatic N) is 3. The fraction of sp³-hybridized carbons (Fsp3) is 0.154.